The molecular weight excluding hydrogens is 440 g/mol. The van der Waals surface area contributed by atoms with E-state index in [2.05, 4.69) is 20.0 Å². The molecule has 3 rings (SSSR count). The molecular formula is C20H15ClF4N4O2. The van der Waals surface area contributed by atoms with Gasteiger partial charge in [0.25, 0.3) is 5.56 Å². The van der Waals surface area contributed by atoms with E-state index in [0.717, 1.165) is 18.3 Å². The minimum absolute atomic E-state index is 0.0197. The summed E-state index contributed by atoms with van der Waals surface area (Å²) in [6, 6.07) is 7.93. The summed E-state index contributed by atoms with van der Waals surface area (Å²) in [6.07, 6.45) is -4.31. The molecule has 162 valence electrons. The predicted octanol–water partition coefficient (Wildman–Crippen LogP) is 5.10. The van der Waals surface area contributed by atoms with Gasteiger partial charge in [-0.05, 0) is 30.7 Å². The first-order valence-electron chi connectivity index (χ1n) is 8.77. The third-order valence-corrected chi connectivity index (χ3v) is 4.52. The number of ether oxygens (including phenoxy) is 1. The van der Waals surface area contributed by atoms with Gasteiger partial charge in [-0.1, -0.05) is 29.8 Å². The molecule has 6 nitrogen and oxygen atoms in total. The Hall–Kier alpha value is -3.40. The van der Waals surface area contributed by atoms with Gasteiger partial charge in [0.15, 0.2) is 0 Å². The Balaban J connectivity index is 2.00. The molecule has 0 saturated heterocycles. The van der Waals surface area contributed by atoms with Gasteiger partial charge in [0.1, 0.15) is 23.2 Å². The van der Waals surface area contributed by atoms with Gasteiger partial charge in [0.05, 0.1) is 16.3 Å². The summed E-state index contributed by atoms with van der Waals surface area (Å²) in [5.41, 5.74) is -0.166. The second-order valence-corrected chi connectivity index (χ2v) is 6.86. The van der Waals surface area contributed by atoms with E-state index in [1.165, 1.54) is 31.2 Å². The third-order valence-electron chi connectivity index (χ3n) is 4.21. The molecule has 0 atom stereocenters. The average Bonchev–Trinajstić information content (AvgIpc) is 2.66. The smallest absolute Gasteiger partial charge is 0.405 e. The zero-order chi connectivity index (χ0) is 22.8. The zero-order valence-corrected chi connectivity index (χ0v) is 16.7. The maximum absolute atomic E-state index is 13.7. The number of halogens is 5. The summed E-state index contributed by atoms with van der Waals surface area (Å²) in [6.45, 7) is 1.52. The Labute approximate surface area is 178 Å². The highest BCUT2D eigenvalue weighted by molar-refractivity contribution is 6.33. The number of aromatic nitrogens is 2. The molecule has 2 aromatic carbocycles. The molecule has 3 N–H and O–H groups in total. The van der Waals surface area contributed by atoms with Crippen LogP contribution in [-0.2, 0) is 6.42 Å². The SMILES string of the molecule is Cc1cc(Nc2nc(Cc3ccccc3OC(F)(F)F)[nH]c(=O)c2C=N)c(Cl)cc1F. The molecule has 1 heterocycles. The van der Waals surface area contributed by atoms with Crippen molar-refractivity contribution in [3.63, 3.8) is 0 Å². The number of nitrogens with one attached hydrogen (secondary N) is 3. The van der Waals surface area contributed by atoms with E-state index >= 15 is 0 Å². The van der Waals surface area contributed by atoms with Gasteiger partial charge in [-0.3, -0.25) is 4.79 Å². The molecule has 0 spiro atoms. The lowest BCUT2D eigenvalue weighted by atomic mass is 10.1. The Morgan fingerprint density at radius 1 is 1.29 bits per heavy atom. The van der Waals surface area contributed by atoms with Crippen molar-refractivity contribution in [3.05, 3.63) is 80.1 Å². The van der Waals surface area contributed by atoms with Crippen LogP contribution in [0, 0.1) is 18.2 Å². The van der Waals surface area contributed by atoms with Crippen molar-refractivity contribution in [1.29, 1.82) is 5.41 Å². The first-order chi connectivity index (χ1) is 14.6. The highest BCUT2D eigenvalue weighted by Crippen LogP contribution is 2.29. The standard InChI is InChI=1S/C20H15ClF4N4O2/c1-10-6-15(13(21)8-14(10)22)27-18-12(9-26)19(30)29-17(28-18)7-11-4-2-3-5-16(11)31-20(23,24)25/h2-6,8-9,26H,7H2,1H3,(H2,27,28,29,30). The monoisotopic (exact) mass is 454 g/mol. The van der Waals surface area contributed by atoms with Crippen LogP contribution in [0.25, 0.3) is 0 Å². The van der Waals surface area contributed by atoms with Crippen LogP contribution in [0.5, 0.6) is 5.75 Å². The fourth-order valence-electron chi connectivity index (χ4n) is 2.78. The average molecular weight is 455 g/mol. The van der Waals surface area contributed by atoms with Gasteiger partial charge in [-0.25, -0.2) is 9.37 Å². The Morgan fingerprint density at radius 2 is 2.00 bits per heavy atom. The predicted molar refractivity (Wildman–Crippen MR) is 108 cm³/mol. The number of benzene rings is 2. The van der Waals surface area contributed by atoms with Crippen molar-refractivity contribution in [2.75, 3.05) is 5.32 Å². The summed E-state index contributed by atoms with van der Waals surface area (Å²) >= 11 is 6.04. The third kappa shape index (κ3) is 5.40. The van der Waals surface area contributed by atoms with Gasteiger partial charge in [-0.15, -0.1) is 13.2 Å². The van der Waals surface area contributed by atoms with Crippen molar-refractivity contribution in [2.45, 2.75) is 19.7 Å². The molecule has 0 aliphatic rings. The summed E-state index contributed by atoms with van der Waals surface area (Å²) in [4.78, 5) is 19.1. The number of hydrogen-bond acceptors (Lipinski definition) is 5. The maximum atomic E-state index is 13.7. The van der Waals surface area contributed by atoms with E-state index in [4.69, 9.17) is 17.0 Å². The molecule has 11 heteroatoms. The van der Waals surface area contributed by atoms with Crippen LogP contribution in [0.4, 0.5) is 29.1 Å². The highest BCUT2D eigenvalue weighted by atomic mass is 35.5. The van der Waals surface area contributed by atoms with E-state index in [9.17, 15) is 22.4 Å². The van der Waals surface area contributed by atoms with Crippen molar-refractivity contribution in [2.24, 2.45) is 0 Å². The second-order valence-electron chi connectivity index (χ2n) is 6.46. The topological polar surface area (TPSA) is 90.9 Å². The molecule has 0 aliphatic heterocycles. The van der Waals surface area contributed by atoms with Crippen molar-refractivity contribution in [3.8, 4) is 5.75 Å². The fraction of sp³-hybridized carbons (Fsp3) is 0.150. The van der Waals surface area contributed by atoms with E-state index < -0.39 is 23.5 Å². The highest BCUT2D eigenvalue weighted by Gasteiger charge is 2.32. The Morgan fingerprint density at radius 3 is 2.68 bits per heavy atom. The van der Waals surface area contributed by atoms with Gasteiger partial charge in [0, 0.05) is 18.2 Å². The Bertz CT molecular complexity index is 1190. The van der Waals surface area contributed by atoms with Crippen LogP contribution in [-0.4, -0.2) is 22.5 Å². The first-order valence-corrected chi connectivity index (χ1v) is 9.15. The van der Waals surface area contributed by atoms with Crippen LogP contribution in [0.15, 0.2) is 41.2 Å². The van der Waals surface area contributed by atoms with Gasteiger partial charge >= 0.3 is 6.36 Å². The lowest BCUT2D eigenvalue weighted by Crippen LogP contribution is -2.20. The van der Waals surface area contributed by atoms with E-state index in [1.54, 1.807) is 0 Å². The summed E-state index contributed by atoms with van der Waals surface area (Å²) < 4.78 is 55.7. The largest absolute Gasteiger partial charge is 0.573 e. The summed E-state index contributed by atoms with van der Waals surface area (Å²) in [5.74, 6) is -0.994. The molecule has 1 aromatic heterocycles. The molecule has 0 bridgehead atoms. The van der Waals surface area contributed by atoms with Crippen LogP contribution in [0.2, 0.25) is 5.02 Å². The number of rotatable bonds is 6. The number of aromatic amines is 1. The van der Waals surface area contributed by atoms with Crippen molar-refractivity contribution >= 4 is 29.3 Å². The van der Waals surface area contributed by atoms with Crippen molar-refractivity contribution < 1.29 is 22.3 Å². The van der Waals surface area contributed by atoms with Gasteiger partial charge < -0.3 is 20.4 Å². The molecule has 0 amide bonds. The lowest BCUT2D eigenvalue weighted by molar-refractivity contribution is -0.274. The minimum atomic E-state index is -4.88. The number of H-pyrrole nitrogens is 1. The Kier molecular flexibility index (Phi) is 6.30. The van der Waals surface area contributed by atoms with Crippen LogP contribution in [0.1, 0.15) is 22.5 Å². The summed E-state index contributed by atoms with van der Waals surface area (Å²) in [7, 11) is 0. The number of nitrogens with zero attached hydrogens (tertiary/aromatic N) is 1. The number of hydrogen-bond donors (Lipinski definition) is 3. The molecule has 31 heavy (non-hydrogen) atoms. The number of alkyl halides is 3. The molecule has 3 aromatic rings. The van der Waals surface area contributed by atoms with E-state index in [1.807, 2.05) is 0 Å². The maximum Gasteiger partial charge on any atom is 0.573 e. The van der Waals surface area contributed by atoms with Gasteiger partial charge in [0.2, 0.25) is 0 Å². The number of para-hydroxylation sites is 1. The fourth-order valence-corrected chi connectivity index (χ4v) is 2.97. The molecule has 0 unspecified atom stereocenters. The molecule has 0 saturated carbocycles. The molecule has 0 aliphatic carbocycles. The quantitative estimate of drug-likeness (QED) is 0.357. The van der Waals surface area contributed by atoms with Crippen molar-refractivity contribution in [1.82, 2.24) is 9.97 Å². The normalized spacial score (nSPS) is 11.3. The van der Waals surface area contributed by atoms with Crippen LogP contribution >= 0.6 is 11.6 Å². The zero-order valence-electron chi connectivity index (χ0n) is 15.9. The van der Waals surface area contributed by atoms with E-state index in [0.29, 0.717) is 0 Å². The number of anilines is 2. The molecule has 0 fully saturated rings. The molecule has 0 radical (unpaired) electrons. The van der Waals surface area contributed by atoms with Crippen LogP contribution in [0.3, 0.4) is 0 Å². The first kappa shape index (κ1) is 22.3. The lowest BCUT2D eigenvalue weighted by Gasteiger charge is -2.14. The number of aryl methyl sites for hydroxylation is 1. The second kappa shape index (κ2) is 8.76. The van der Waals surface area contributed by atoms with E-state index in [-0.39, 0.29) is 45.5 Å². The van der Waals surface area contributed by atoms with Crippen LogP contribution < -0.4 is 15.6 Å². The van der Waals surface area contributed by atoms with Gasteiger partial charge in [-0.2, -0.15) is 0 Å². The minimum Gasteiger partial charge on any atom is -0.405 e. The summed E-state index contributed by atoms with van der Waals surface area (Å²) in [5, 5.41) is 10.3.